The monoisotopic (exact) mass is 426 g/mol. The summed E-state index contributed by atoms with van der Waals surface area (Å²) in [6.07, 6.45) is 3.25. The van der Waals surface area contributed by atoms with Gasteiger partial charge in [0.2, 0.25) is 5.13 Å². The van der Waals surface area contributed by atoms with Crippen molar-refractivity contribution in [1.82, 2.24) is 20.1 Å². The number of thiazole rings is 1. The Balaban J connectivity index is 1.24. The van der Waals surface area contributed by atoms with Crippen molar-refractivity contribution >= 4 is 27.5 Å². The Labute approximate surface area is 182 Å². The topological polar surface area (TPSA) is 69.0 Å². The van der Waals surface area contributed by atoms with Crippen LogP contribution >= 0.6 is 11.3 Å². The van der Waals surface area contributed by atoms with E-state index in [1.54, 1.807) is 17.1 Å². The van der Waals surface area contributed by atoms with Crippen molar-refractivity contribution in [3.63, 3.8) is 0 Å². The zero-order valence-electron chi connectivity index (χ0n) is 16.4. The summed E-state index contributed by atoms with van der Waals surface area (Å²) >= 11 is 1.53. The number of amides is 1. The van der Waals surface area contributed by atoms with E-state index in [9.17, 15) is 4.79 Å². The minimum absolute atomic E-state index is 0.193. The molecule has 0 radical (unpaired) electrons. The largest absolute Gasteiger partial charge is 0.457 e. The van der Waals surface area contributed by atoms with E-state index in [2.05, 4.69) is 15.4 Å². The molecule has 0 spiro atoms. The van der Waals surface area contributed by atoms with Gasteiger partial charge in [0.25, 0.3) is 5.91 Å². The molecule has 0 saturated carbocycles. The number of ether oxygens (including phenoxy) is 1. The van der Waals surface area contributed by atoms with Crippen molar-refractivity contribution < 1.29 is 9.53 Å². The molecule has 6 nitrogen and oxygen atoms in total. The van der Waals surface area contributed by atoms with Crippen LogP contribution < -0.4 is 10.1 Å². The van der Waals surface area contributed by atoms with E-state index in [1.807, 2.05) is 78.9 Å². The van der Waals surface area contributed by atoms with E-state index in [-0.39, 0.29) is 5.91 Å². The van der Waals surface area contributed by atoms with Gasteiger partial charge in [-0.05, 0) is 42.0 Å². The molecule has 3 aromatic carbocycles. The van der Waals surface area contributed by atoms with Gasteiger partial charge < -0.3 is 10.1 Å². The number of para-hydroxylation sites is 2. The number of hydrogen-bond acceptors (Lipinski definition) is 5. The number of aromatic nitrogens is 3. The van der Waals surface area contributed by atoms with Crippen molar-refractivity contribution in [2.75, 3.05) is 0 Å². The minimum Gasteiger partial charge on any atom is -0.457 e. The summed E-state index contributed by atoms with van der Waals surface area (Å²) < 4.78 is 8.57. The van der Waals surface area contributed by atoms with E-state index in [1.165, 1.54) is 11.3 Å². The fourth-order valence-corrected chi connectivity index (χ4v) is 4.03. The number of fused-ring (bicyclic) bond motifs is 1. The number of nitrogens with one attached hydrogen (secondary N) is 1. The predicted molar refractivity (Wildman–Crippen MR) is 121 cm³/mol. The third-order valence-electron chi connectivity index (χ3n) is 4.65. The summed E-state index contributed by atoms with van der Waals surface area (Å²) in [6, 6.07) is 25.2. The first kappa shape index (κ1) is 19.0. The van der Waals surface area contributed by atoms with Gasteiger partial charge in [-0.2, -0.15) is 5.10 Å². The molecule has 0 atom stereocenters. The van der Waals surface area contributed by atoms with Crippen LogP contribution in [0.1, 0.15) is 15.9 Å². The van der Waals surface area contributed by atoms with Gasteiger partial charge in [-0.1, -0.05) is 53.8 Å². The van der Waals surface area contributed by atoms with Crippen LogP contribution in [-0.4, -0.2) is 20.7 Å². The second-order valence-corrected chi connectivity index (χ2v) is 7.89. The average molecular weight is 427 g/mol. The summed E-state index contributed by atoms with van der Waals surface area (Å²) in [6.45, 7) is 0.386. The van der Waals surface area contributed by atoms with E-state index in [0.717, 1.165) is 32.4 Å². The van der Waals surface area contributed by atoms with Gasteiger partial charge in [0.15, 0.2) is 0 Å². The van der Waals surface area contributed by atoms with E-state index >= 15 is 0 Å². The first-order valence-electron chi connectivity index (χ1n) is 9.75. The van der Waals surface area contributed by atoms with Gasteiger partial charge in [-0.15, -0.1) is 0 Å². The summed E-state index contributed by atoms with van der Waals surface area (Å²) in [7, 11) is 0. The van der Waals surface area contributed by atoms with E-state index < -0.39 is 0 Å². The fourth-order valence-electron chi connectivity index (χ4n) is 3.13. The van der Waals surface area contributed by atoms with Crippen LogP contribution in [0.5, 0.6) is 11.5 Å². The molecule has 0 aliphatic rings. The molecule has 0 unspecified atom stereocenters. The molecule has 0 fully saturated rings. The minimum atomic E-state index is -0.193. The summed E-state index contributed by atoms with van der Waals surface area (Å²) in [5.74, 6) is 1.30. The maximum absolute atomic E-state index is 12.6. The number of hydrogen-bond donors (Lipinski definition) is 1. The van der Waals surface area contributed by atoms with Gasteiger partial charge in [-0.3, -0.25) is 4.79 Å². The summed E-state index contributed by atoms with van der Waals surface area (Å²) in [4.78, 5) is 17.2. The third-order valence-corrected chi connectivity index (χ3v) is 5.68. The Bertz CT molecular complexity index is 1310. The number of rotatable bonds is 6. The first-order chi connectivity index (χ1) is 15.2. The number of benzene rings is 3. The van der Waals surface area contributed by atoms with Crippen LogP contribution in [0.2, 0.25) is 0 Å². The van der Waals surface area contributed by atoms with Crippen LogP contribution in [0.3, 0.4) is 0 Å². The molecule has 1 amide bonds. The molecule has 0 bridgehead atoms. The molecule has 2 heterocycles. The highest BCUT2D eigenvalue weighted by molar-refractivity contribution is 7.20. The van der Waals surface area contributed by atoms with Crippen molar-refractivity contribution in [3.8, 4) is 16.6 Å². The molecule has 0 aliphatic heterocycles. The molecule has 5 rings (SSSR count). The maximum atomic E-state index is 12.6. The van der Waals surface area contributed by atoms with Gasteiger partial charge in [0, 0.05) is 12.7 Å². The van der Waals surface area contributed by atoms with Crippen LogP contribution in [0.4, 0.5) is 0 Å². The predicted octanol–water partition coefficient (Wildman–Crippen LogP) is 5.20. The summed E-state index contributed by atoms with van der Waals surface area (Å²) in [5.41, 5.74) is 2.35. The van der Waals surface area contributed by atoms with Gasteiger partial charge in [0.05, 0.1) is 22.0 Å². The zero-order valence-corrected chi connectivity index (χ0v) is 17.3. The van der Waals surface area contributed by atoms with Crippen LogP contribution in [0, 0.1) is 0 Å². The molecular weight excluding hydrogens is 408 g/mol. The highest BCUT2D eigenvalue weighted by atomic mass is 32.1. The molecule has 152 valence electrons. The van der Waals surface area contributed by atoms with E-state index in [4.69, 9.17) is 4.74 Å². The lowest BCUT2D eigenvalue weighted by Crippen LogP contribution is -2.22. The van der Waals surface area contributed by atoms with Crippen molar-refractivity contribution in [3.05, 3.63) is 102 Å². The average Bonchev–Trinajstić information content (AvgIpc) is 3.46. The maximum Gasteiger partial charge on any atom is 0.254 e. The van der Waals surface area contributed by atoms with Crippen LogP contribution in [0.15, 0.2) is 91.3 Å². The van der Waals surface area contributed by atoms with Gasteiger partial charge >= 0.3 is 0 Å². The van der Waals surface area contributed by atoms with Crippen molar-refractivity contribution in [2.45, 2.75) is 6.54 Å². The Morgan fingerprint density at radius 1 is 0.968 bits per heavy atom. The second kappa shape index (κ2) is 8.41. The lowest BCUT2D eigenvalue weighted by atomic mass is 10.2. The molecule has 2 aromatic heterocycles. The highest BCUT2D eigenvalue weighted by Crippen LogP contribution is 2.24. The Morgan fingerprint density at radius 2 is 1.77 bits per heavy atom. The number of carbonyl (C=O) groups is 1. The standard InChI is InChI=1S/C24H18N4O2S/c29-23(18-15-26-28(16-18)24-27-21-11-4-5-12-22(21)31-24)25-14-17-7-6-10-20(13-17)30-19-8-2-1-3-9-19/h1-13,15-16H,14H2,(H,25,29). The molecular formula is C24H18N4O2S. The van der Waals surface area contributed by atoms with Crippen LogP contribution in [0.25, 0.3) is 15.3 Å². The molecule has 31 heavy (non-hydrogen) atoms. The second-order valence-electron chi connectivity index (χ2n) is 6.88. The lowest BCUT2D eigenvalue weighted by molar-refractivity contribution is 0.0951. The van der Waals surface area contributed by atoms with Crippen molar-refractivity contribution in [1.29, 1.82) is 0 Å². The fraction of sp³-hybridized carbons (Fsp3) is 0.0417. The molecule has 0 saturated heterocycles. The first-order valence-corrected chi connectivity index (χ1v) is 10.6. The lowest BCUT2D eigenvalue weighted by Gasteiger charge is -2.08. The van der Waals surface area contributed by atoms with Gasteiger partial charge in [-0.25, -0.2) is 9.67 Å². The normalized spacial score (nSPS) is 10.8. The number of nitrogens with zero attached hydrogens (tertiary/aromatic N) is 3. The molecule has 0 aliphatic carbocycles. The Kier molecular flexibility index (Phi) is 5.16. The third kappa shape index (κ3) is 4.31. The quantitative estimate of drug-likeness (QED) is 0.405. The number of carbonyl (C=O) groups excluding carboxylic acids is 1. The van der Waals surface area contributed by atoms with E-state index in [0.29, 0.717) is 12.1 Å². The van der Waals surface area contributed by atoms with Crippen LogP contribution in [-0.2, 0) is 6.54 Å². The Hall–Kier alpha value is -3.97. The van der Waals surface area contributed by atoms with Crippen molar-refractivity contribution in [2.24, 2.45) is 0 Å². The summed E-state index contributed by atoms with van der Waals surface area (Å²) in [5, 5.41) is 7.96. The SMILES string of the molecule is O=C(NCc1cccc(Oc2ccccc2)c1)c1cnn(-c2nc3ccccc3s2)c1. The molecule has 5 aromatic rings. The smallest absolute Gasteiger partial charge is 0.254 e. The Morgan fingerprint density at radius 3 is 2.65 bits per heavy atom. The zero-order chi connectivity index (χ0) is 21.0. The van der Waals surface area contributed by atoms with Gasteiger partial charge in [0.1, 0.15) is 11.5 Å². The molecule has 1 N–H and O–H groups in total. The highest BCUT2D eigenvalue weighted by Gasteiger charge is 2.12. The molecule has 7 heteroatoms.